The van der Waals surface area contributed by atoms with Crippen molar-refractivity contribution in [1.29, 1.82) is 0 Å². The number of allylic oxidation sites excluding steroid dienone is 1. The lowest BCUT2D eigenvalue weighted by Crippen LogP contribution is -2.32. The van der Waals surface area contributed by atoms with Gasteiger partial charge < -0.3 is 14.8 Å². The Hall–Kier alpha value is -3.34. The standard InChI is InChI=1S/C33H31BrClFN4O3S/c1-20-29(31(41)43-24-11-3-2-4-12-24)30(25-17-23(34)15-16-28(25)42-18-21-9-5-7-13-26(21)35)40-32(37-20)38-33(39-40)44-19-22-10-6-8-14-27(22)36/h5-10,13-17,24,30H,2-4,11-12,18-19H2,1H3,(H,37,38,39). The third kappa shape index (κ3) is 6.82. The van der Waals surface area contributed by atoms with Gasteiger partial charge in [-0.2, -0.15) is 4.98 Å². The predicted octanol–water partition coefficient (Wildman–Crippen LogP) is 8.87. The zero-order chi connectivity index (χ0) is 30.6. The van der Waals surface area contributed by atoms with Gasteiger partial charge in [-0.3, -0.25) is 0 Å². The van der Waals surface area contributed by atoms with Crippen molar-refractivity contribution in [3.05, 3.63) is 110 Å². The summed E-state index contributed by atoms with van der Waals surface area (Å²) in [6, 6.07) is 19.2. The first-order valence-corrected chi connectivity index (χ1v) is 16.7. The molecule has 44 heavy (non-hydrogen) atoms. The number of esters is 1. The second-order valence-electron chi connectivity index (χ2n) is 10.8. The smallest absolute Gasteiger partial charge is 0.338 e. The van der Waals surface area contributed by atoms with E-state index in [1.807, 2.05) is 49.4 Å². The molecule has 1 atom stereocenters. The van der Waals surface area contributed by atoms with Crippen molar-refractivity contribution >= 4 is 51.2 Å². The molecule has 7 nitrogen and oxygen atoms in total. The first-order valence-electron chi connectivity index (χ1n) is 14.5. The number of hydrogen-bond acceptors (Lipinski definition) is 7. The third-order valence-corrected chi connectivity index (χ3v) is 9.55. The highest BCUT2D eigenvalue weighted by molar-refractivity contribution is 9.10. The van der Waals surface area contributed by atoms with Crippen LogP contribution in [0.1, 0.15) is 61.8 Å². The summed E-state index contributed by atoms with van der Waals surface area (Å²) < 4.78 is 29.3. The first kappa shape index (κ1) is 30.7. The highest BCUT2D eigenvalue weighted by Crippen LogP contribution is 2.42. The Labute approximate surface area is 273 Å². The van der Waals surface area contributed by atoms with Crippen LogP contribution in [-0.2, 0) is 21.9 Å². The number of halogens is 3. The minimum Gasteiger partial charge on any atom is -0.488 e. The Balaban J connectivity index is 1.38. The summed E-state index contributed by atoms with van der Waals surface area (Å²) in [6.45, 7) is 2.08. The Morgan fingerprint density at radius 1 is 1.09 bits per heavy atom. The van der Waals surface area contributed by atoms with Crippen LogP contribution in [0, 0.1) is 5.82 Å². The lowest BCUT2D eigenvalue weighted by molar-refractivity contribution is -0.146. The highest BCUT2D eigenvalue weighted by atomic mass is 79.9. The number of nitrogens with one attached hydrogen (secondary N) is 1. The van der Waals surface area contributed by atoms with Crippen LogP contribution in [0.2, 0.25) is 5.02 Å². The van der Waals surface area contributed by atoms with Crippen molar-refractivity contribution in [1.82, 2.24) is 14.8 Å². The van der Waals surface area contributed by atoms with E-state index in [1.165, 1.54) is 17.8 Å². The second kappa shape index (κ2) is 13.7. The van der Waals surface area contributed by atoms with E-state index >= 15 is 0 Å². The minimum atomic E-state index is -0.698. The maximum Gasteiger partial charge on any atom is 0.338 e. The molecule has 3 aromatic carbocycles. The molecule has 11 heteroatoms. The van der Waals surface area contributed by atoms with Gasteiger partial charge in [0.15, 0.2) is 0 Å². The first-order chi connectivity index (χ1) is 21.4. The summed E-state index contributed by atoms with van der Waals surface area (Å²) in [5.41, 5.74) is 3.16. The quantitative estimate of drug-likeness (QED) is 0.138. The van der Waals surface area contributed by atoms with E-state index in [0.717, 1.165) is 42.1 Å². The number of rotatable bonds is 9. The fraction of sp³-hybridized carbons (Fsp3) is 0.303. The Morgan fingerprint density at radius 2 is 1.84 bits per heavy atom. The maximum absolute atomic E-state index is 14.3. The molecule has 2 heterocycles. The van der Waals surface area contributed by atoms with Gasteiger partial charge in [-0.15, -0.1) is 5.10 Å². The van der Waals surface area contributed by atoms with Crippen LogP contribution < -0.4 is 10.1 Å². The molecule has 2 aliphatic rings. The average Bonchev–Trinajstić information content (AvgIpc) is 3.43. The van der Waals surface area contributed by atoms with Crippen LogP contribution in [0.25, 0.3) is 0 Å². The summed E-state index contributed by atoms with van der Waals surface area (Å²) in [4.78, 5) is 18.7. The van der Waals surface area contributed by atoms with E-state index in [2.05, 4.69) is 21.2 Å². The number of carbonyl (C=O) groups is 1. The number of anilines is 1. The summed E-state index contributed by atoms with van der Waals surface area (Å²) in [6.07, 6.45) is 4.81. The average molecular weight is 698 g/mol. The van der Waals surface area contributed by atoms with E-state index in [0.29, 0.717) is 50.0 Å². The van der Waals surface area contributed by atoms with Crippen LogP contribution >= 0.6 is 39.3 Å². The van der Waals surface area contributed by atoms with Gasteiger partial charge in [-0.1, -0.05) is 82.1 Å². The molecule has 1 saturated carbocycles. The minimum absolute atomic E-state index is 0.125. The fourth-order valence-corrected chi connectivity index (χ4v) is 6.92. The molecule has 0 saturated heterocycles. The van der Waals surface area contributed by atoms with Crippen molar-refractivity contribution in [2.24, 2.45) is 0 Å². The molecule has 1 N–H and O–H groups in total. The summed E-state index contributed by atoms with van der Waals surface area (Å²) >= 11 is 11.4. The number of fused-ring (bicyclic) bond motifs is 1. The number of nitrogens with zero attached hydrogens (tertiary/aromatic N) is 3. The van der Waals surface area contributed by atoms with Gasteiger partial charge in [0.2, 0.25) is 11.1 Å². The number of aromatic nitrogens is 3. The van der Waals surface area contributed by atoms with E-state index in [1.54, 1.807) is 22.9 Å². The summed E-state index contributed by atoms with van der Waals surface area (Å²) in [5.74, 6) is 0.713. The highest BCUT2D eigenvalue weighted by Gasteiger charge is 2.38. The van der Waals surface area contributed by atoms with Crippen molar-refractivity contribution in [3.63, 3.8) is 0 Å². The van der Waals surface area contributed by atoms with E-state index < -0.39 is 12.0 Å². The number of benzene rings is 3. The lowest BCUT2D eigenvalue weighted by Gasteiger charge is -2.31. The summed E-state index contributed by atoms with van der Waals surface area (Å²) in [7, 11) is 0. The number of carbonyl (C=O) groups excluding carboxylic acids is 1. The van der Waals surface area contributed by atoms with Crippen molar-refractivity contribution in [3.8, 4) is 5.75 Å². The molecule has 0 amide bonds. The largest absolute Gasteiger partial charge is 0.488 e. The Kier molecular flexibility index (Phi) is 9.59. The topological polar surface area (TPSA) is 78.3 Å². The van der Waals surface area contributed by atoms with Gasteiger partial charge >= 0.3 is 5.97 Å². The third-order valence-electron chi connectivity index (χ3n) is 7.80. The molecule has 6 rings (SSSR count). The van der Waals surface area contributed by atoms with Crippen LogP contribution in [0.15, 0.2) is 87.6 Å². The van der Waals surface area contributed by atoms with Gasteiger partial charge in [0.1, 0.15) is 30.3 Å². The van der Waals surface area contributed by atoms with Gasteiger partial charge in [-0.25, -0.2) is 13.9 Å². The van der Waals surface area contributed by atoms with Crippen molar-refractivity contribution < 1.29 is 18.7 Å². The predicted molar refractivity (Wildman–Crippen MR) is 173 cm³/mol. The summed E-state index contributed by atoms with van der Waals surface area (Å²) in [5, 5.41) is 9.14. The van der Waals surface area contributed by atoms with E-state index in [-0.39, 0.29) is 18.5 Å². The normalized spacial score (nSPS) is 16.8. The monoisotopic (exact) mass is 696 g/mol. The van der Waals surface area contributed by atoms with Gasteiger partial charge in [-0.05, 0) is 68.5 Å². The van der Waals surface area contributed by atoms with E-state index in [4.69, 9.17) is 31.2 Å². The lowest BCUT2D eigenvalue weighted by atomic mass is 9.94. The maximum atomic E-state index is 14.3. The Bertz CT molecular complexity index is 1710. The molecular formula is C33H31BrClFN4O3S. The van der Waals surface area contributed by atoms with Crippen LogP contribution in [0.5, 0.6) is 5.75 Å². The van der Waals surface area contributed by atoms with Gasteiger partial charge in [0, 0.05) is 32.1 Å². The molecule has 0 radical (unpaired) electrons. The van der Waals surface area contributed by atoms with Crippen molar-refractivity contribution in [2.75, 3.05) is 5.32 Å². The zero-order valence-corrected chi connectivity index (χ0v) is 27.2. The molecule has 1 aliphatic carbocycles. The molecule has 228 valence electrons. The second-order valence-corrected chi connectivity index (χ2v) is 13.1. The molecule has 1 unspecified atom stereocenters. The molecule has 1 aliphatic heterocycles. The van der Waals surface area contributed by atoms with E-state index in [9.17, 15) is 9.18 Å². The SMILES string of the molecule is CC1=C(C(=O)OC2CCCCC2)C(c2cc(Br)ccc2OCc2ccccc2Cl)n2nc(SCc3ccccc3F)nc2N1. The molecular weight excluding hydrogens is 667 g/mol. The molecule has 1 aromatic heterocycles. The van der Waals surface area contributed by atoms with Gasteiger partial charge in [0.05, 0.1) is 5.57 Å². The fourth-order valence-electron chi connectivity index (χ4n) is 5.54. The molecule has 0 spiro atoms. The van der Waals surface area contributed by atoms with Gasteiger partial charge in [0.25, 0.3) is 0 Å². The Morgan fingerprint density at radius 3 is 2.61 bits per heavy atom. The number of ether oxygens (including phenoxy) is 2. The number of hydrogen-bond donors (Lipinski definition) is 1. The molecule has 4 aromatic rings. The van der Waals surface area contributed by atoms with Crippen LogP contribution in [0.4, 0.5) is 10.3 Å². The zero-order valence-electron chi connectivity index (χ0n) is 24.1. The number of thioether (sulfide) groups is 1. The van der Waals surface area contributed by atoms with Crippen LogP contribution in [0.3, 0.4) is 0 Å². The van der Waals surface area contributed by atoms with Crippen molar-refractivity contribution in [2.45, 2.75) is 68.7 Å². The molecule has 1 fully saturated rings. The van der Waals surface area contributed by atoms with Crippen LogP contribution in [-0.4, -0.2) is 26.8 Å². The molecule has 0 bridgehead atoms.